The zero-order valence-electron chi connectivity index (χ0n) is 8.20. The van der Waals surface area contributed by atoms with Gasteiger partial charge in [-0.3, -0.25) is 0 Å². The second-order valence-electron chi connectivity index (χ2n) is 3.02. The van der Waals surface area contributed by atoms with E-state index in [-0.39, 0.29) is 0 Å². The fourth-order valence-corrected chi connectivity index (χ4v) is 2.15. The predicted molar refractivity (Wildman–Crippen MR) is 63.7 cm³/mol. The van der Waals surface area contributed by atoms with Crippen LogP contribution in [0.2, 0.25) is 5.02 Å². The summed E-state index contributed by atoms with van der Waals surface area (Å²) in [5.74, 6) is 0. The molecule has 3 nitrogen and oxygen atoms in total. The van der Waals surface area contributed by atoms with E-state index in [1.807, 2.05) is 31.3 Å². The van der Waals surface area contributed by atoms with Crippen molar-refractivity contribution in [3.8, 4) is 0 Å². The standard InChI is InChI=1S/C10H10ClN3S/c1-12-10-14-13-9(15-10)6-7-4-2-3-5-8(7)11/h2-5H,6H2,1H3,(H,12,14). The summed E-state index contributed by atoms with van der Waals surface area (Å²) in [7, 11) is 1.83. The molecule has 0 amide bonds. The van der Waals surface area contributed by atoms with Crippen molar-refractivity contribution in [2.75, 3.05) is 12.4 Å². The normalized spacial score (nSPS) is 10.3. The number of anilines is 1. The van der Waals surface area contributed by atoms with Crippen molar-refractivity contribution in [2.45, 2.75) is 6.42 Å². The van der Waals surface area contributed by atoms with Crippen LogP contribution in [-0.2, 0) is 6.42 Å². The summed E-state index contributed by atoms with van der Waals surface area (Å²) in [6.07, 6.45) is 0.735. The molecule has 0 unspecified atom stereocenters. The van der Waals surface area contributed by atoms with Gasteiger partial charge >= 0.3 is 0 Å². The van der Waals surface area contributed by atoms with Gasteiger partial charge in [0.15, 0.2) is 0 Å². The molecule has 78 valence electrons. The van der Waals surface area contributed by atoms with Crippen LogP contribution in [-0.4, -0.2) is 17.2 Å². The first kappa shape index (κ1) is 10.4. The minimum atomic E-state index is 0.735. The predicted octanol–water partition coefficient (Wildman–Crippen LogP) is 2.82. The van der Waals surface area contributed by atoms with Crippen LogP contribution in [0.15, 0.2) is 24.3 Å². The highest BCUT2D eigenvalue weighted by Crippen LogP contribution is 2.22. The average molecular weight is 240 g/mol. The smallest absolute Gasteiger partial charge is 0.205 e. The number of hydrogen-bond acceptors (Lipinski definition) is 4. The Bertz CT molecular complexity index is 455. The highest BCUT2D eigenvalue weighted by atomic mass is 35.5. The van der Waals surface area contributed by atoms with Crippen LogP contribution in [0.1, 0.15) is 10.6 Å². The van der Waals surface area contributed by atoms with Gasteiger partial charge in [0.05, 0.1) is 0 Å². The van der Waals surface area contributed by atoms with Crippen molar-refractivity contribution in [3.05, 3.63) is 39.9 Å². The lowest BCUT2D eigenvalue weighted by molar-refractivity contribution is 1.00. The zero-order valence-corrected chi connectivity index (χ0v) is 9.77. The van der Waals surface area contributed by atoms with Gasteiger partial charge in [-0.05, 0) is 11.6 Å². The molecule has 15 heavy (non-hydrogen) atoms. The summed E-state index contributed by atoms with van der Waals surface area (Å²) in [6, 6.07) is 7.78. The lowest BCUT2D eigenvalue weighted by atomic mass is 10.2. The second kappa shape index (κ2) is 4.59. The van der Waals surface area contributed by atoms with Crippen molar-refractivity contribution >= 4 is 28.1 Å². The first-order chi connectivity index (χ1) is 7.29. The molecule has 0 radical (unpaired) electrons. The lowest BCUT2D eigenvalue weighted by Gasteiger charge is -1.99. The number of rotatable bonds is 3. The van der Waals surface area contributed by atoms with Crippen LogP contribution in [0.4, 0.5) is 5.13 Å². The minimum absolute atomic E-state index is 0.735. The molecule has 0 fully saturated rings. The number of hydrogen-bond donors (Lipinski definition) is 1. The molecule has 2 aromatic rings. The lowest BCUT2D eigenvalue weighted by Crippen LogP contribution is -1.88. The monoisotopic (exact) mass is 239 g/mol. The quantitative estimate of drug-likeness (QED) is 0.895. The van der Waals surface area contributed by atoms with E-state index in [1.54, 1.807) is 11.3 Å². The fourth-order valence-electron chi connectivity index (χ4n) is 1.23. The molecular formula is C10H10ClN3S. The number of benzene rings is 1. The Morgan fingerprint density at radius 2 is 2.13 bits per heavy atom. The Balaban J connectivity index is 2.18. The molecule has 0 saturated heterocycles. The van der Waals surface area contributed by atoms with Crippen molar-refractivity contribution < 1.29 is 0 Å². The average Bonchev–Trinajstić information content (AvgIpc) is 2.69. The number of nitrogens with zero attached hydrogens (tertiary/aromatic N) is 2. The summed E-state index contributed by atoms with van der Waals surface area (Å²) in [5.41, 5.74) is 1.08. The molecule has 0 aliphatic carbocycles. The van der Waals surface area contributed by atoms with Gasteiger partial charge in [0.2, 0.25) is 5.13 Å². The molecule has 1 N–H and O–H groups in total. The molecule has 1 aromatic heterocycles. The topological polar surface area (TPSA) is 37.8 Å². The SMILES string of the molecule is CNc1nnc(Cc2ccccc2Cl)s1. The van der Waals surface area contributed by atoms with E-state index >= 15 is 0 Å². The number of aromatic nitrogens is 2. The van der Waals surface area contributed by atoms with Gasteiger partial charge in [-0.2, -0.15) is 0 Å². The van der Waals surface area contributed by atoms with E-state index in [0.717, 1.165) is 27.1 Å². The van der Waals surface area contributed by atoms with E-state index in [0.29, 0.717) is 0 Å². The molecule has 2 rings (SSSR count). The van der Waals surface area contributed by atoms with Gasteiger partial charge in [0.1, 0.15) is 5.01 Å². The van der Waals surface area contributed by atoms with Crippen LogP contribution in [0.25, 0.3) is 0 Å². The third kappa shape index (κ3) is 2.46. The Morgan fingerprint density at radius 3 is 2.80 bits per heavy atom. The van der Waals surface area contributed by atoms with E-state index in [2.05, 4.69) is 15.5 Å². The molecule has 1 heterocycles. The first-order valence-electron chi connectivity index (χ1n) is 4.53. The van der Waals surface area contributed by atoms with E-state index in [4.69, 9.17) is 11.6 Å². The zero-order chi connectivity index (χ0) is 10.7. The van der Waals surface area contributed by atoms with Gasteiger partial charge in [-0.25, -0.2) is 0 Å². The molecule has 0 atom stereocenters. The highest BCUT2D eigenvalue weighted by Gasteiger charge is 2.05. The van der Waals surface area contributed by atoms with E-state index < -0.39 is 0 Å². The maximum atomic E-state index is 6.06. The Labute approximate surface area is 97.1 Å². The molecule has 0 bridgehead atoms. The second-order valence-corrected chi connectivity index (χ2v) is 4.49. The molecule has 1 aromatic carbocycles. The Morgan fingerprint density at radius 1 is 1.33 bits per heavy atom. The summed E-state index contributed by atoms with van der Waals surface area (Å²) >= 11 is 7.60. The molecule has 0 aliphatic heterocycles. The van der Waals surface area contributed by atoms with Crippen molar-refractivity contribution in [1.29, 1.82) is 0 Å². The summed E-state index contributed by atoms with van der Waals surface area (Å²) < 4.78 is 0. The summed E-state index contributed by atoms with van der Waals surface area (Å²) in [5, 5.41) is 13.6. The molecular weight excluding hydrogens is 230 g/mol. The fraction of sp³-hybridized carbons (Fsp3) is 0.200. The van der Waals surface area contributed by atoms with Crippen LogP contribution in [0.5, 0.6) is 0 Å². The van der Waals surface area contributed by atoms with Gasteiger partial charge in [0, 0.05) is 18.5 Å². The number of nitrogens with one attached hydrogen (secondary N) is 1. The molecule has 5 heteroatoms. The Hall–Kier alpha value is -1.13. The van der Waals surface area contributed by atoms with Crippen LogP contribution in [0, 0.1) is 0 Å². The summed E-state index contributed by atoms with van der Waals surface area (Å²) in [6.45, 7) is 0. The van der Waals surface area contributed by atoms with Crippen molar-refractivity contribution in [1.82, 2.24) is 10.2 Å². The van der Waals surface area contributed by atoms with Crippen LogP contribution in [0.3, 0.4) is 0 Å². The Kier molecular flexibility index (Phi) is 3.18. The number of halogens is 1. The molecule has 0 spiro atoms. The van der Waals surface area contributed by atoms with Gasteiger partial charge in [-0.1, -0.05) is 41.1 Å². The highest BCUT2D eigenvalue weighted by molar-refractivity contribution is 7.15. The van der Waals surface area contributed by atoms with Gasteiger partial charge < -0.3 is 5.32 Å². The van der Waals surface area contributed by atoms with Gasteiger partial charge in [-0.15, -0.1) is 10.2 Å². The molecule has 0 saturated carbocycles. The third-order valence-electron chi connectivity index (χ3n) is 1.98. The van der Waals surface area contributed by atoms with E-state index in [1.165, 1.54) is 0 Å². The van der Waals surface area contributed by atoms with Crippen molar-refractivity contribution in [3.63, 3.8) is 0 Å². The maximum absolute atomic E-state index is 6.06. The van der Waals surface area contributed by atoms with E-state index in [9.17, 15) is 0 Å². The minimum Gasteiger partial charge on any atom is -0.363 e. The first-order valence-corrected chi connectivity index (χ1v) is 5.72. The summed E-state index contributed by atoms with van der Waals surface area (Å²) in [4.78, 5) is 0. The largest absolute Gasteiger partial charge is 0.363 e. The van der Waals surface area contributed by atoms with Crippen molar-refractivity contribution in [2.24, 2.45) is 0 Å². The molecule has 0 aliphatic rings. The van der Waals surface area contributed by atoms with Crippen LogP contribution < -0.4 is 5.32 Å². The maximum Gasteiger partial charge on any atom is 0.205 e. The third-order valence-corrected chi connectivity index (χ3v) is 3.29. The van der Waals surface area contributed by atoms with Crippen LogP contribution >= 0.6 is 22.9 Å². The van der Waals surface area contributed by atoms with Gasteiger partial charge in [0.25, 0.3) is 0 Å².